The maximum absolute atomic E-state index is 12.7. The molecule has 2 aliphatic rings. The highest BCUT2D eigenvalue weighted by Gasteiger charge is 2.35. The molecule has 0 aliphatic carbocycles. The Bertz CT molecular complexity index is 433. The molecule has 1 unspecified atom stereocenters. The summed E-state index contributed by atoms with van der Waals surface area (Å²) in [6.07, 6.45) is 3.16. The Morgan fingerprint density at radius 2 is 1.73 bits per heavy atom. The summed E-state index contributed by atoms with van der Waals surface area (Å²) in [6, 6.07) is -0.302. The molecule has 0 radical (unpaired) electrons. The highest BCUT2D eigenvalue weighted by Crippen LogP contribution is 2.20. The summed E-state index contributed by atoms with van der Waals surface area (Å²) >= 11 is 0. The third kappa shape index (κ3) is 3.97. The second-order valence-corrected chi connectivity index (χ2v) is 6.02. The van der Waals surface area contributed by atoms with E-state index in [1.54, 1.807) is 4.90 Å². The van der Waals surface area contributed by atoms with Crippen molar-refractivity contribution in [1.29, 1.82) is 0 Å². The van der Waals surface area contributed by atoms with Crippen molar-refractivity contribution in [2.75, 3.05) is 39.3 Å². The zero-order chi connectivity index (χ0) is 16.1. The molecule has 2 N–H and O–H groups in total. The highest BCUT2D eigenvalue weighted by atomic mass is 16.2. The second-order valence-electron chi connectivity index (χ2n) is 6.02. The van der Waals surface area contributed by atoms with Gasteiger partial charge in [-0.25, -0.2) is 0 Å². The van der Waals surface area contributed by atoms with Crippen LogP contribution in [-0.4, -0.2) is 77.7 Å². The number of hydrogen-bond donors (Lipinski definition) is 1. The van der Waals surface area contributed by atoms with Crippen LogP contribution in [0.2, 0.25) is 0 Å². The Morgan fingerprint density at radius 1 is 1.05 bits per heavy atom. The number of piperazine rings is 1. The van der Waals surface area contributed by atoms with Gasteiger partial charge in [-0.2, -0.15) is 0 Å². The van der Waals surface area contributed by atoms with E-state index in [9.17, 15) is 14.4 Å². The van der Waals surface area contributed by atoms with Crippen LogP contribution in [0.4, 0.5) is 0 Å². The van der Waals surface area contributed by atoms with E-state index in [4.69, 9.17) is 5.73 Å². The maximum Gasteiger partial charge on any atom is 0.245 e. The minimum atomic E-state index is -0.341. The molecule has 0 aromatic rings. The van der Waals surface area contributed by atoms with Crippen LogP contribution in [0.5, 0.6) is 0 Å². The fourth-order valence-electron chi connectivity index (χ4n) is 3.25. The van der Waals surface area contributed by atoms with Gasteiger partial charge in [0.05, 0.1) is 6.54 Å². The normalized spacial score (nSPS) is 23.4. The number of piperidine rings is 1. The number of rotatable bonds is 4. The number of hydrogen-bond acceptors (Lipinski definition) is 4. The fourth-order valence-corrected chi connectivity index (χ4v) is 3.25. The lowest BCUT2D eigenvalue weighted by Crippen LogP contribution is -2.57. The van der Waals surface area contributed by atoms with Gasteiger partial charge in [0.25, 0.3) is 0 Å². The molecule has 2 fully saturated rings. The van der Waals surface area contributed by atoms with Crippen molar-refractivity contribution in [1.82, 2.24) is 14.7 Å². The molecule has 22 heavy (non-hydrogen) atoms. The molecule has 0 saturated carbocycles. The molecule has 124 valence electrons. The summed E-state index contributed by atoms with van der Waals surface area (Å²) in [6.45, 7) is 5.26. The predicted molar refractivity (Wildman–Crippen MR) is 81.9 cm³/mol. The Labute approximate surface area is 131 Å². The summed E-state index contributed by atoms with van der Waals surface area (Å²) < 4.78 is 0. The van der Waals surface area contributed by atoms with Crippen molar-refractivity contribution in [2.24, 2.45) is 5.73 Å². The van der Waals surface area contributed by atoms with Crippen LogP contribution < -0.4 is 5.73 Å². The Morgan fingerprint density at radius 3 is 2.32 bits per heavy atom. The van der Waals surface area contributed by atoms with E-state index in [1.165, 1.54) is 0 Å². The molecule has 2 saturated heterocycles. The van der Waals surface area contributed by atoms with Crippen molar-refractivity contribution in [2.45, 2.75) is 38.6 Å². The standard InChI is InChI=1S/C15H26N4O3/c1-2-14(21)19-6-4-3-5-12(19)15(22)18-9-7-17(8-10-18)11-13(16)20/h12H,2-11H2,1H3,(H2,16,20). The molecule has 2 aliphatic heterocycles. The minimum absolute atomic E-state index is 0.0558. The molecule has 2 rings (SSSR count). The van der Waals surface area contributed by atoms with Gasteiger partial charge < -0.3 is 15.5 Å². The van der Waals surface area contributed by atoms with Gasteiger partial charge in [0.2, 0.25) is 17.7 Å². The molecule has 0 aromatic carbocycles. The van der Waals surface area contributed by atoms with Crippen LogP contribution in [-0.2, 0) is 14.4 Å². The van der Waals surface area contributed by atoms with Crippen molar-refractivity contribution < 1.29 is 14.4 Å². The maximum atomic E-state index is 12.7. The first kappa shape index (κ1) is 16.7. The van der Waals surface area contributed by atoms with Crippen LogP contribution in [0.3, 0.4) is 0 Å². The van der Waals surface area contributed by atoms with E-state index in [2.05, 4.69) is 0 Å². The Balaban J connectivity index is 1.93. The summed E-state index contributed by atoms with van der Waals surface area (Å²) in [5, 5.41) is 0. The minimum Gasteiger partial charge on any atom is -0.369 e. The molecule has 2 heterocycles. The van der Waals surface area contributed by atoms with E-state index in [0.717, 1.165) is 19.3 Å². The first-order valence-corrected chi connectivity index (χ1v) is 8.11. The summed E-state index contributed by atoms with van der Waals surface area (Å²) in [5.41, 5.74) is 5.20. The van der Waals surface area contributed by atoms with E-state index in [0.29, 0.717) is 39.1 Å². The first-order chi connectivity index (χ1) is 10.5. The third-order valence-corrected chi connectivity index (χ3v) is 4.47. The average molecular weight is 310 g/mol. The second kappa shape index (κ2) is 7.58. The van der Waals surface area contributed by atoms with E-state index in [1.807, 2.05) is 16.7 Å². The lowest BCUT2D eigenvalue weighted by atomic mass is 10.00. The number of likely N-dealkylation sites (tertiary alicyclic amines) is 1. The van der Waals surface area contributed by atoms with Crippen molar-refractivity contribution in [3.8, 4) is 0 Å². The van der Waals surface area contributed by atoms with Crippen LogP contribution in [0.25, 0.3) is 0 Å². The average Bonchev–Trinajstić information content (AvgIpc) is 2.53. The smallest absolute Gasteiger partial charge is 0.245 e. The summed E-state index contributed by atoms with van der Waals surface area (Å²) in [4.78, 5) is 41.2. The van der Waals surface area contributed by atoms with Gasteiger partial charge in [0.1, 0.15) is 6.04 Å². The van der Waals surface area contributed by atoms with E-state index >= 15 is 0 Å². The van der Waals surface area contributed by atoms with Crippen molar-refractivity contribution in [3.63, 3.8) is 0 Å². The van der Waals surface area contributed by atoms with Gasteiger partial charge in [-0.1, -0.05) is 6.92 Å². The summed E-state index contributed by atoms with van der Waals surface area (Å²) in [7, 11) is 0. The number of nitrogens with two attached hydrogens (primary N) is 1. The largest absolute Gasteiger partial charge is 0.369 e. The fraction of sp³-hybridized carbons (Fsp3) is 0.800. The van der Waals surface area contributed by atoms with Crippen molar-refractivity contribution in [3.05, 3.63) is 0 Å². The molecule has 7 nitrogen and oxygen atoms in total. The lowest BCUT2D eigenvalue weighted by Gasteiger charge is -2.40. The van der Waals surface area contributed by atoms with Gasteiger partial charge in [0.15, 0.2) is 0 Å². The van der Waals surface area contributed by atoms with Crippen molar-refractivity contribution >= 4 is 17.7 Å². The zero-order valence-corrected chi connectivity index (χ0v) is 13.3. The molecule has 0 aromatic heterocycles. The van der Waals surface area contributed by atoms with Gasteiger partial charge in [-0.05, 0) is 19.3 Å². The first-order valence-electron chi connectivity index (χ1n) is 8.11. The molecule has 0 bridgehead atoms. The molecule has 1 atom stereocenters. The van der Waals surface area contributed by atoms with Crippen LogP contribution in [0.1, 0.15) is 32.6 Å². The third-order valence-electron chi connectivity index (χ3n) is 4.47. The van der Waals surface area contributed by atoms with Gasteiger partial charge >= 0.3 is 0 Å². The quantitative estimate of drug-likeness (QED) is 0.752. The number of carbonyl (C=O) groups excluding carboxylic acids is 3. The SMILES string of the molecule is CCC(=O)N1CCCCC1C(=O)N1CCN(CC(N)=O)CC1. The number of carbonyl (C=O) groups is 3. The molecule has 3 amide bonds. The Hall–Kier alpha value is -1.63. The topological polar surface area (TPSA) is 87.0 Å². The number of nitrogens with zero attached hydrogens (tertiary/aromatic N) is 3. The van der Waals surface area contributed by atoms with E-state index in [-0.39, 0.29) is 30.3 Å². The molecular formula is C15H26N4O3. The summed E-state index contributed by atoms with van der Waals surface area (Å²) in [5.74, 6) is -0.225. The lowest BCUT2D eigenvalue weighted by molar-refractivity contribution is -0.148. The number of primary amides is 1. The van der Waals surface area contributed by atoms with Crippen LogP contribution in [0.15, 0.2) is 0 Å². The van der Waals surface area contributed by atoms with Gasteiger partial charge in [0, 0.05) is 39.1 Å². The molecule has 0 spiro atoms. The zero-order valence-electron chi connectivity index (χ0n) is 13.3. The molecular weight excluding hydrogens is 284 g/mol. The monoisotopic (exact) mass is 310 g/mol. The highest BCUT2D eigenvalue weighted by molar-refractivity contribution is 5.88. The predicted octanol–water partition coefficient (Wildman–Crippen LogP) is -0.593. The van der Waals surface area contributed by atoms with E-state index < -0.39 is 0 Å². The van der Waals surface area contributed by atoms with Crippen LogP contribution in [0, 0.1) is 0 Å². The molecule has 7 heteroatoms. The van der Waals surface area contributed by atoms with Crippen LogP contribution >= 0.6 is 0 Å². The van der Waals surface area contributed by atoms with Gasteiger partial charge in [-0.3, -0.25) is 19.3 Å². The van der Waals surface area contributed by atoms with Gasteiger partial charge in [-0.15, -0.1) is 0 Å². The number of amides is 3. The Kier molecular flexibility index (Phi) is 5.76.